The molecule has 0 radical (unpaired) electrons. The number of nitrogens with zero attached hydrogens (tertiary/aromatic N) is 1. The van der Waals surface area contributed by atoms with Gasteiger partial charge >= 0.3 is 0 Å². The molecule has 1 N–H and O–H groups in total. The summed E-state index contributed by atoms with van der Waals surface area (Å²) in [6.07, 6.45) is 3.64. The second kappa shape index (κ2) is 13.0. The lowest BCUT2D eigenvalue weighted by Crippen LogP contribution is -2.49. The summed E-state index contributed by atoms with van der Waals surface area (Å²) in [7, 11) is 0. The molecule has 0 bridgehead atoms. The van der Waals surface area contributed by atoms with Crippen LogP contribution in [0.25, 0.3) is 0 Å². The van der Waals surface area contributed by atoms with Gasteiger partial charge in [0.05, 0.1) is 0 Å². The Morgan fingerprint density at radius 2 is 1.56 bits per heavy atom. The fourth-order valence-corrected chi connectivity index (χ4v) is 3.78. The fourth-order valence-electron chi connectivity index (χ4n) is 3.78. The highest BCUT2D eigenvalue weighted by Crippen LogP contribution is 2.18. The third-order valence-electron chi connectivity index (χ3n) is 5.96. The largest absolute Gasteiger partial charge is 0.354 e. The van der Waals surface area contributed by atoms with E-state index in [1.807, 2.05) is 26.0 Å². The highest BCUT2D eigenvalue weighted by Gasteiger charge is 2.28. The number of carbonyl (C=O) groups excluding carboxylic acids is 2. The molecule has 2 rings (SSSR count). The average Bonchev–Trinajstić information content (AvgIpc) is 2.79. The lowest BCUT2D eigenvalue weighted by Gasteiger charge is -2.31. The number of amides is 2. The van der Waals surface area contributed by atoms with Crippen molar-refractivity contribution in [1.29, 1.82) is 0 Å². The van der Waals surface area contributed by atoms with E-state index in [0.29, 0.717) is 38.3 Å². The topological polar surface area (TPSA) is 49.4 Å². The zero-order chi connectivity index (χ0) is 23.5. The van der Waals surface area contributed by atoms with Gasteiger partial charge in [0.1, 0.15) is 6.04 Å². The first kappa shape index (κ1) is 25.6. The van der Waals surface area contributed by atoms with E-state index in [0.717, 1.165) is 24.0 Å². The number of hydrogen-bond donors (Lipinski definition) is 1. The summed E-state index contributed by atoms with van der Waals surface area (Å²) in [6, 6.07) is 16.2. The molecule has 2 aromatic rings. The first-order chi connectivity index (χ1) is 15.3. The number of carbonyl (C=O) groups is 2. The van der Waals surface area contributed by atoms with Gasteiger partial charge in [0.25, 0.3) is 0 Å². The van der Waals surface area contributed by atoms with E-state index < -0.39 is 6.04 Å². The van der Waals surface area contributed by atoms with Crippen LogP contribution >= 0.6 is 0 Å². The van der Waals surface area contributed by atoms with E-state index in [1.165, 1.54) is 11.1 Å². The molecule has 0 unspecified atom stereocenters. The predicted molar refractivity (Wildman–Crippen MR) is 133 cm³/mol. The molecule has 174 valence electrons. The molecule has 0 saturated carbocycles. The maximum atomic E-state index is 13.3. The van der Waals surface area contributed by atoms with Crippen molar-refractivity contribution >= 4 is 11.8 Å². The zero-order valence-corrected chi connectivity index (χ0v) is 20.5. The Hall–Kier alpha value is -2.62. The first-order valence-corrected chi connectivity index (χ1v) is 12.1. The first-order valence-electron chi connectivity index (χ1n) is 12.1. The summed E-state index contributed by atoms with van der Waals surface area (Å²) in [6.45, 7) is 11.6. The number of hydrogen-bond acceptors (Lipinski definition) is 2. The summed E-state index contributed by atoms with van der Waals surface area (Å²) in [4.78, 5) is 28.0. The molecule has 0 aromatic heterocycles. The summed E-state index contributed by atoms with van der Waals surface area (Å²) in [5.41, 5.74) is 4.68. The summed E-state index contributed by atoms with van der Waals surface area (Å²) in [5, 5.41) is 3.02. The SMILES string of the molecule is CCCCNC(=O)[C@H](CC)N(Cc1ccc(C)cc1)C(=O)CCc1ccc(C(C)C)cc1. The van der Waals surface area contributed by atoms with Gasteiger partial charge in [-0.1, -0.05) is 88.2 Å². The Morgan fingerprint density at radius 1 is 0.938 bits per heavy atom. The molecule has 0 aliphatic heterocycles. The molecule has 32 heavy (non-hydrogen) atoms. The smallest absolute Gasteiger partial charge is 0.242 e. The molecule has 2 aromatic carbocycles. The maximum absolute atomic E-state index is 13.3. The van der Waals surface area contributed by atoms with Crippen LogP contribution in [-0.4, -0.2) is 29.3 Å². The van der Waals surface area contributed by atoms with E-state index in [2.05, 4.69) is 62.5 Å². The number of benzene rings is 2. The van der Waals surface area contributed by atoms with Crippen LogP contribution in [0.5, 0.6) is 0 Å². The molecule has 0 spiro atoms. The van der Waals surface area contributed by atoms with Gasteiger partial charge < -0.3 is 10.2 Å². The fraction of sp³-hybridized carbons (Fsp3) is 0.500. The van der Waals surface area contributed by atoms with Gasteiger partial charge in [-0.05, 0) is 48.8 Å². The molecule has 0 aliphatic carbocycles. The lowest BCUT2D eigenvalue weighted by atomic mass is 10.00. The molecule has 0 heterocycles. The third-order valence-corrected chi connectivity index (χ3v) is 5.96. The van der Waals surface area contributed by atoms with Crippen LogP contribution in [0.1, 0.15) is 81.5 Å². The molecule has 1 atom stereocenters. The second-order valence-electron chi connectivity index (χ2n) is 8.97. The Labute approximate surface area is 194 Å². The lowest BCUT2D eigenvalue weighted by molar-refractivity contribution is -0.141. The van der Waals surface area contributed by atoms with Gasteiger partial charge in [-0.15, -0.1) is 0 Å². The van der Waals surface area contributed by atoms with E-state index in [1.54, 1.807) is 4.90 Å². The molecular weight excluding hydrogens is 396 g/mol. The number of unbranched alkanes of at least 4 members (excludes halogenated alkanes) is 1. The Bertz CT molecular complexity index is 841. The molecule has 4 nitrogen and oxygen atoms in total. The van der Waals surface area contributed by atoms with E-state index in [-0.39, 0.29) is 11.8 Å². The van der Waals surface area contributed by atoms with Crippen molar-refractivity contribution in [2.75, 3.05) is 6.54 Å². The third kappa shape index (κ3) is 7.81. The molecule has 2 amide bonds. The van der Waals surface area contributed by atoms with Crippen molar-refractivity contribution in [3.05, 3.63) is 70.8 Å². The van der Waals surface area contributed by atoms with E-state index in [9.17, 15) is 9.59 Å². The van der Waals surface area contributed by atoms with E-state index >= 15 is 0 Å². The highest BCUT2D eigenvalue weighted by atomic mass is 16.2. The predicted octanol–water partition coefficient (Wildman–Crippen LogP) is 5.77. The van der Waals surface area contributed by atoms with Crippen molar-refractivity contribution in [2.45, 2.75) is 85.2 Å². The van der Waals surface area contributed by atoms with Crippen LogP contribution in [-0.2, 0) is 22.6 Å². The molecule has 0 saturated heterocycles. The Morgan fingerprint density at radius 3 is 2.12 bits per heavy atom. The summed E-state index contributed by atoms with van der Waals surface area (Å²) < 4.78 is 0. The van der Waals surface area contributed by atoms with Crippen molar-refractivity contribution < 1.29 is 9.59 Å². The minimum atomic E-state index is -0.455. The van der Waals surface area contributed by atoms with Gasteiger partial charge in [-0.3, -0.25) is 9.59 Å². The van der Waals surface area contributed by atoms with Gasteiger partial charge in [-0.2, -0.15) is 0 Å². The molecular formula is C28H40N2O2. The van der Waals surface area contributed by atoms with Crippen molar-refractivity contribution in [3.63, 3.8) is 0 Å². The molecule has 4 heteroatoms. The van der Waals surface area contributed by atoms with E-state index in [4.69, 9.17) is 0 Å². The number of nitrogens with one attached hydrogen (secondary N) is 1. The minimum Gasteiger partial charge on any atom is -0.354 e. The number of aryl methyl sites for hydroxylation is 2. The summed E-state index contributed by atoms with van der Waals surface area (Å²) in [5.74, 6) is 0.464. The standard InChI is InChI=1S/C28H40N2O2/c1-6-8-19-29-28(32)26(7-2)30(20-24-11-9-22(5)10-12-24)27(31)18-15-23-13-16-25(17-14-23)21(3)4/h9-14,16-17,21,26H,6-8,15,18-20H2,1-5H3,(H,29,32)/t26-/m0/s1. The maximum Gasteiger partial charge on any atom is 0.242 e. The van der Waals surface area contributed by atoms with Crippen LogP contribution in [0.2, 0.25) is 0 Å². The second-order valence-corrected chi connectivity index (χ2v) is 8.97. The van der Waals surface area contributed by atoms with Crippen LogP contribution in [0.3, 0.4) is 0 Å². The normalized spacial score (nSPS) is 11.9. The Kier molecular flexibility index (Phi) is 10.5. The number of rotatable bonds is 12. The van der Waals surface area contributed by atoms with Crippen LogP contribution in [0.4, 0.5) is 0 Å². The molecule has 0 fully saturated rings. The monoisotopic (exact) mass is 436 g/mol. The molecule has 0 aliphatic rings. The van der Waals surface area contributed by atoms with Crippen LogP contribution in [0.15, 0.2) is 48.5 Å². The average molecular weight is 437 g/mol. The van der Waals surface area contributed by atoms with Crippen molar-refractivity contribution in [3.8, 4) is 0 Å². The van der Waals surface area contributed by atoms with Gasteiger partial charge in [0.2, 0.25) is 11.8 Å². The van der Waals surface area contributed by atoms with Crippen LogP contribution < -0.4 is 5.32 Å². The quantitative estimate of drug-likeness (QED) is 0.429. The summed E-state index contributed by atoms with van der Waals surface area (Å²) >= 11 is 0. The highest BCUT2D eigenvalue weighted by molar-refractivity contribution is 5.87. The van der Waals surface area contributed by atoms with Crippen molar-refractivity contribution in [2.24, 2.45) is 0 Å². The van der Waals surface area contributed by atoms with Crippen molar-refractivity contribution in [1.82, 2.24) is 10.2 Å². The van der Waals surface area contributed by atoms with Gasteiger partial charge in [0.15, 0.2) is 0 Å². The zero-order valence-electron chi connectivity index (χ0n) is 20.5. The van der Waals surface area contributed by atoms with Gasteiger partial charge in [-0.25, -0.2) is 0 Å². The van der Waals surface area contributed by atoms with Crippen LogP contribution in [0, 0.1) is 6.92 Å². The Balaban J connectivity index is 2.14. The minimum absolute atomic E-state index is 0.0241. The van der Waals surface area contributed by atoms with Gasteiger partial charge in [0, 0.05) is 19.5 Å².